The zero-order chi connectivity index (χ0) is 73.6. The van der Waals surface area contributed by atoms with Gasteiger partial charge in [-0.05, 0) is 79.6 Å². The van der Waals surface area contributed by atoms with Gasteiger partial charge in [-0.1, -0.05) is 97.9 Å². The van der Waals surface area contributed by atoms with Gasteiger partial charge in [0.2, 0.25) is 5.91 Å². The molecule has 27 heteroatoms. The second-order valence-electron chi connectivity index (χ2n) is 19.1. The van der Waals surface area contributed by atoms with Crippen molar-refractivity contribution in [2.45, 2.75) is 45.4 Å². The molecule has 0 radical (unpaired) electrons. The van der Waals surface area contributed by atoms with Crippen LogP contribution in [0.2, 0.25) is 0 Å². The number of benzene rings is 5. The van der Waals surface area contributed by atoms with Crippen LogP contribution in [0.1, 0.15) is 81.9 Å². The maximum Gasteiger partial charge on any atom is 0.373 e. The molecule has 1 aliphatic rings. The van der Waals surface area contributed by atoms with E-state index in [1.165, 1.54) is 43.3 Å². The number of rotatable bonds is 13. The Balaban J connectivity index is 0.000000255. The molecule has 1 aliphatic heterocycles. The Morgan fingerprint density at radius 1 is 0.505 bits per heavy atom. The standard InChI is InChI=1S/C16H13N3O.C14H9N3O.C14H10N2O3.C12H7FN2O.C6H2F2N2.C6H6O.C5H7NO2.CO2/c1-2-12(8-17)15-10-19-11-16(14(15)9-18)20-13-6-4-3-5-7-13;15-7-6-11-9-17-10-14(13(11)8-16)18-12-4-2-1-3-5-12;17-12-6-9-7-15-8-11(13(9)14(18)16-12)19-10-4-2-1-3-5-10;13-11-7-15-8-12(10(11)6-14)16-9-4-2-1-3-5-9;7-5-2-10-3-6(8)4(5)1-9;7-6-4-2-1-3-5-6;1-2-8-5(7)3-4-6;2-1-3/h3-7,10-12H,2H2,1H3;1-5,9-10H,6H2;1-5,7-8H,6H2,(H,16,17,18);1-5,7-8H;2-3H;1-5,7H;2-3H2,1H3;. The Bertz CT molecular complexity index is 4670. The molecule has 5 aromatic heterocycles. The maximum atomic E-state index is 13.2. The molecular weight excluding hydrogens is 1300 g/mol. The lowest BCUT2D eigenvalue weighted by Crippen LogP contribution is -2.37. The molecule has 1 unspecified atom stereocenters. The fourth-order valence-electron chi connectivity index (χ4n) is 7.85. The summed E-state index contributed by atoms with van der Waals surface area (Å²) in [6, 6.07) is 58.1. The number of aromatic nitrogens is 5. The number of esters is 1. The third-order valence-corrected chi connectivity index (χ3v) is 12.3. The van der Waals surface area contributed by atoms with Crippen molar-refractivity contribution in [3.05, 3.63) is 276 Å². The number of pyridine rings is 5. The summed E-state index contributed by atoms with van der Waals surface area (Å²) in [4.78, 5) is 68.5. The zero-order valence-electron chi connectivity index (χ0n) is 53.4. The molecule has 0 bridgehead atoms. The van der Waals surface area contributed by atoms with Crippen LogP contribution >= 0.6 is 0 Å². The van der Waals surface area contributed by atoms with Gasteiger partial charge in [0.05, 0.1) is 92.5 Å². The summed E-state index contributed by atoms with van der Waals surface area (Å²) in [6.45, 7) is 3.95. The van der Waals surface area contributed by atoms with E-state index in [1.54, 1.807) is 110 Å². The van der Waals surface area contributed by atoms with E-state index >= 15 is 0 Å². The van der Waals surface area contributed by atoms with Crippen molar-refractivity contribution >= 4 is 23.9 Å². The number of halogens is 3. The molecule has 11 rings (SSSR count). The van der Waals surface area contributed by atoms with Crippen molar-refractivity contribution in [3.63, 3.8) is 0 Å². The molecule has 0 spiro atoms. The molecule has 101 heavy (non-hydrogen) atoms. The molecule has 0 aliphatic carbocycles. The number of carbonyl (C=O) groups is 3. The first-order valence-electron chi connectivity index (χ1n) is 29.3. The summed E-state index contributed by atoms with van der Waals surface area (Å²) in [6.07, 6.45) is 13.9. The Labute approximate surface area is 576 Å². The summed E-state index contributed by atoms with van der Waals surface area (Å²) in [5.74, 6) is -0.152. The minimum atomic E-state index is -0.928. The van der Waals surface area contributed by atoms with E-state index < -0.39 is 34.9 Å². The molecule has 0 fully saturated rings. The van der Waals surface area contributed by atoms with Gasteiger partial charge in [0, 0.05) is 29.7 Å². The molecule has 2 N–H and O–H groups in total. The van der Waals surface area contributed by atoms with E-state index in [4.69, 9.17) is 65.2 Å². The summed E-state index contributed by atoms with van der Waals surface area (Å²) in [5.41, 5.74) is 2.15. The molecule has 24 nitrogen and oxygen atoms in total. The molecule has 6 heterocycles. The smallest absolute Gasteiger partial charge is 0.373 e. The number of phenols is 1. The number of ether oxygens (including phenoxy) is 5. The van der Waals surface area contributed by atoms with E-state index in [2.05, 4.69) is 53.2 Å². The fraction of sp³-hybridized carbons (Fsp3) is 0.108. The normalized spacial score (nSPS) is 10.1. The first-order chi connectivity index (χ1) is 49.1. The number of amides is 2. The Kier molecular flexibility index (Phi) is 34.7. The number of fused-ring (bicyclic) bond motifs is 1. The van der Waals surface area contributed by atoms with Gasteiger partial charge in [0.15, 0.2) is 40.4 Å². The summed E-state index contributed by atoms with van der Waals surface area (Å²) in [7, 11) is 0. The van der Waals surface area contributed by atoms with Gasteiger partial charge in [-0.15, -0.1) is 0 Å². The van der Waals surface area contributed by atoms with Gasteiger partial charge in [-0.25, -0.2) is 13.2 Å². The van der Waals surface area contributed by atoms with Crippen molar-refractivity contribution in [2.24, 2.45) is 0 Å². The molecular formula is C74H54F3N13O11. The molecule has 0 saturated heterocycles. The minimum absolute atomic E-state index is 0.119. The number of imide groups is 1. The average molecular weight is 1360 g/mol. The Hall–Kier alpha value is -14.9. The number of para-hydroxylation sites is 5. The van der Waals surface area contributed by atoms with Crippen LogP contribution in [0.3, 0.4) is 0 Å². The van der Waals surface area contributed by atoms with Crippen molar-refractivity contribution < 1.29 is 65.9 Å². The first-order valence-corrected chi connectivity index (χ1v) is 29.3. The number of nitrogens with one attached hydrogen (secondary N) is 1. The third-order valence-electron chi connectivity index (χ3n) is 12.3. The Morgan fingerprint density at radius 2 is 0.891 bits per heavy atom. The van der Waals surface area contributed by atoms with Gasteiger partial charge in [0.25, 0.3) is 5.91 Å². The van der Waals surface area contributed by atoms with E-state index in [0.29, 0.717) is 92.4 Å². The first kappa shape index (κ1) is 78.5. The summed E-state index contributed by atoms with van der Waals surface area (Å²) in [5, 5.41) is 72.1. The van der Waals surface area contributed by atoms with Crippen LogP contribution in [0.15, 0.2) is 214 Å². The molecule has 10 aromatic rings. The van der Waals surface area contributed by atoms with E-state index in [0.717, 1.165) is 18.6 Å². The second-order valence-corrected chi connectivity index (χ2v) is 19.1. The van der Waals surface area contributed by atoms with Gasteiger partial charge < -0.3 is 28.8 Å². The fourth-order valence-corrected chi connectivity index (χ4v) is 7.85. The van der Waals surface area contributed by atoms with E-state index in [9.17, 15) is 32.8 Å². The van der Waals surface area contributed by atoms with Crippen LogP contribution in [0.4, 0.5) is 13.2 Å². The van der Waals surface area contributed by atoms with Gasteiger partial charge >= 0.3 is 12.1 Å². The number of nitrogens with zero attached hydrogens (tertiary/aromatic N) is 12. The number of hydrogen-bond acceptors (Lipinski definition) is 23. The lowest BCUT2D eigenvalue weighted by molar-refractivity contribution is -0.191. The lowest BCUT2D eigenvalue weighted by atomic mass is 9.95. The summed E-state index contributed by atoms with van der Waals surface area (Å²) < 4.78 is 64.5. The number of hydrogen-bond donors (Lipinski definition) is 2. The highest BCUT2D eigenvalue weighted by Crippen LogP contribution is 2.33. The average Bonchev–Trinajstić information content (AvgIpc) is 0.850. The quantitative estimate of drug-likeness (QED) is 0.0799. The van der Waals surface area contributed by atoms with Crippen molar-refractivity contribution in [3.8, 4) is 94.2 Å². The lowest BCUT2D eigenvalue weighted by Gasteiger charge is -2.17. The molecule has 5 aromatic carbocycles. The predicted octanol–water partition coefficient (Wildman–Crippen LogP) is 13.6. The Morgan fingerprint density at radius 3 is 1.29 bits per heavy atom. The van der Waals surface area contributed by atoms with Crippen LogP contribution in [0, 0.1) is 96.8 Å². The van der Waals surface area contributed by atoms with Crippen LogP contribution in [-0.4, -0.2) is 60.6 Å². The monoisotopic (exact) mass is 1360 g/mol. The van der Waals surface area contributed by atoms with Crippen molar-refractivity contribution in [1.82, 2.24) is 30.2 Å². The van der Waals surface area contributed by atoms with Crippen LogP contribution in [-0.2, 0) is 36.8 Å². The SMILES string of the molecule is CCC(C#N)c1cncc(Oc2ccccc2)c1C#N.CCOC(=O)CC#N.N#CCc1cncc(Oc2ccccc2)c1C#N.N#Cc1c(F)cncc1F.N#Cc1c(F)cncc1Oc1ccccc1.O=C1Cc2cncc(Oc3ccccc3)c2C(=O)N1.O=C=O.Oc1ccccc1. The maximum absolute atomic E-state index is 13.2. The van der Waals surface area contributed by atoms with E-state index in [1.807, 2.05) is 79.7 Å². The highest BCUT2D eigenvalue weighted by atomic mass is 19.1. The summed E-state index contributed by atoms with van der Waals surface area (Å²) >= 11 is 0. The van der Waals surface area contributed by atoms with Crippen LogP contribution in [0.5, 0.6) is 51.7 Å². The van der Waals surface area contributed by atoms with Crippen molar-refractivity contribution in [2.75, 3.05) is 6.61 Å². The van der Waals surface area contributed by atoms with Gasteiger partial charge in [-0.3, -0.25) is 44.6 Å². The number of aromatic hydroxyl groups is 1. The molecule has 1 atom stereocenters. The number of phenolic OH excluding ortho intramolecular Hbond substituents is 1. The highest BCUT2D eigenvalue weighted by Gasteiger charge is 2.27. The predicted molar refractivity (Wildman–Crippen MR) is 350 cm³/mol. The minimum Gasteiger partial charge on any atom is -0.508 e. The zero-order valence-corrected chi connectivity index (χ0v) is 53.4. The largest absolute Gasteiger partial charge is 0.508 e. The van der Waals surface area contributed by atoms with Gasteiger partial charge in [-0.2, -0.15) is 46.4 Å². The second kappa shape index (κ2) is 44.6. The third kappa shape index (κ3) is 26.8. The topological polar surface area (TPSA) is 395 Å². The molecule has 0 saturated carbocycles. The van der Waals surface area contributed by atoms with E-state index in [-0.39, 0.29) is 48.6 Å². The van der Waals surface area contributed by atoms with Crippen molar-refractivity contribution in [1.29, 1.82) is 36.8 Å². The van der Waals surface area contributed by atoms with Gasteiger partial charge in [0.1, 0.15) is 81.7 Å². The van der Waals surface area contributed by atoms with Crippen LogP contribution < -0.4 is 24.3 Å². The number of carbonyl (C=O) groups excluding carboxylic acids is 5. The highest BCUT2D eigenvalue weighted by molar-refractivity contribution is 6.11. The molecule has 502 valence electrons. The molecule has 2 amide bonds. The van der Waals surface area contributed by atoms with Crippen LogP contribution in [0.25, 0.3) is 0 Å². The number of nitriles is 7.